The predicted octanol–water partition coefficient (Wildman–Crippen LogP) is 8.64. The van der Waals surface area contributed by atoms with Gasteiger partial charge in [-0.15, -0.1) is 0 Å². The van der Waals surface area contributed by atoms with Crippen LogP contribution in [0.3, 0.4) is 0 Å². The Bertz CT molecular complexity index is 1650. The van der Waals surface area contributed by atoms with Gasteiger partial charge in [0.1, 0.15) is 17.0 Å². The van der Waals surface area contributed by atoms with Gasteiger partial charge in [-0.1, -0.05) is 41.4 Å². The number of carbonyl (C=O) groups is 1. The Labute approximate surface area is 218 Å². The lowest BCUT2D eigenvalue weighted by Gasteiger charge is -2.09. The highest BCUT2D eigenvalue weighted by molar-refractivity contribution is 6.43. The van der Waals surface area contributed by atoms with Crippen LogP contribution in [0.2, 0.25) is 10.0 Å². The van der Waals surface area contributed by atoms with Crippen molar-refractivity contribution in [2.24, 2.45) is 0 Å². The second-order valence-corrected chi connectivity index (χ2v) is 9.34. The lowest BCUT2D eigenvalue weighted by Crippen LogP contribution is -2.09. The Hall–Kier alpha value is -3.80. The Morgan fingerprint density at radius 3 is 2.56 bits per heavy atom. The molecule has 5 rings (SSSR count). The minimum absolute atomic E-state index is 0.293. The van der Waals surface area contributed by atoms with Gasteiger partial charge in [0.25, 0.3) is 0 Å². The summed E-state index contributed by atoms with van der Waals surface area (Å²) in [5.41, 5.74) is 6.78. The summed E-state index contributed by atoms with van der Waals surface area (Å²) < 4.78 is 11.9. The molecule has 0 unspecified atom stereocenters. The Morgan fingerprint density at radius 1 is 0.944 bits per heavy atom. The van der Waals surface area contributed by atoms with Gasteiger partial charge in [-0.2, -0.15) is 0 Å². The summed E-state index contributed by atoms with van der Waals surface area (Å²) >= 11 is 12.4. The molecule has 5 nitrogen and oxygen atoms in total. The highest BCUT2D eigenvalue weighted by Crippen LogP contribution is 2.35. The van der Waals surface area contributed by atoms with Gasteiger partial charge in [0.05, 0.1) is 10.0 Å². The van der Waals surface area contributed by atoms with E-state index in [9.17, 15) is 4.79 Å². The molecule has 180 valence electrons. The lowest BCUT2D eigenvalue weighted by atomic mass is 10.1. The van der Waals surface area contributed by atoms with Gasteiger partial charge < -0.3 is 14.2 Å². The second-order valence-electron chi connectivity index (χ2n) is 8.55. The average Bonchev–Trinajstić information content (AvgIpc) is 3.48. The molecule has 0 spiro atoms. The Kier molecular flexibility index (Phi) is 6.44. The number of benzene rings is 3. The maximum absolute atomic E-state index is 12.7. The molecule has 0 saturated heterocycles. The number of anilines is 1. The number of nitrogens with one attached hydrogen (secondary N) is 1. The zero-order valence-electron chi connectivity index (χ0n) is 19.9. The van der Waals surface area contributed by atoms with Crippen LogP contribution in [0, 0.1) is 20.8 Å². The van der Waals surface area contributed by atoms with Crippen molar-refractivity contribution >= 4 is 52.0 Å². The number of hydrogen-bond donors (Lipinski definition) is 1. The van der Waals surface area contributed by atoms with E-state index in [1.165, 1.54) is 6.08 Å². The molecule has 36 heavy (non-hydrogen) atoms. The average molecular weight is 517 g/mol. The maximum Gasteiger partial charge on any atom is 0.248 e. The van der Waals surface area contributed by atoms with E-state index in [1.54, 1.807) is 30.3 Å². The van der Waals surface area contributed by atoms with Crippen molar-refractivity contribution < 1.29 is 13.6 Å². The van der Waals surface area contributed by atoms with Crippen molar-refractivity contribution in [3.8, 4) is 22.8 Å². The molecular formula is C29H22Cl2N2O3. The number of halogens is 2. The summed E-state index contributed by atoms with van der Waals surface area (Å²) in [5.74, 6) is 1.30. The third-order valence-electron chi connectivity index (χ3n) is 5.88. The lowest BCUT2D eigenvalue weighted by molar-refractivity contribution is -0.111. The van der Waals surface area contributed by atoms with Crippen LogP contribution in [-0.4, -0.2) is 10.9 Å². The third-order valence-corrected chi connectivity index (χ3v) is 6.70. The number of aromatic nitrogens is 1. The smallest absolute Gasteiger partial charge is 0.248 e. The van der Waals surface area contributed by atoms with Gasteiger partial charge in [0, 0.05) is 22.9 Å². The minimum atomic E-state index is -0.293. The molecule has 1 N–H and O–H groups in total. The molecule has 1 amide bonds. The van der Waals surface area contributed by atoms with E-state index >= 15 is 0 Å². The molecular weight excluding hydrogens is 495 g/mol. The SMILES string of the molecule is Cc1cc(C)c2oc(-c3cccc(NC(=O)C=Cc4ccc(-c5cccc(Cl)c5Cl)o4)c3C)nc2c1. The van der Waals surface area contributed by atoms with Gasteiger partial charge in [0.2, 0.25) is 11.8 Å². The number of hydrogen-bond acceptors (Lipinski definition) is 4. The topological polar surface area (TPSA) is 68.3 Å². The number of rotatable bonds is 5. The van der Waals surface area contributed by atoms with E-state index in [2.05, 4.69) is 16.4 Å². The zero-order valence-corrected chi connectivity index (χ0v) is 21.4. The van der Waals surface area contributed by atoms with E-state index in [-0.39, 0.29) is 5.91 Å². The fourth-order valence-electron chi connectivity index (χ4n) is 4.11. The van der Waals surface area contributed by atoms with Gasteiger partial charge in [-0.25, -0.2) is 4.98 Å². The molecule has 0 aliphatic heterocycles. The summed E-state index contributed by atoms with van der Waals surface area (Å²) in [4.78, 5) is 17.3. The van der Waals surface area contributed by atoms with Crippen molar-refractivity contribution in [1.82, 2.24) is 4.98 Å². The summed E-state index contributed by atoms with van der Waals surface area (Å²) in [6.07, 6.45) is 3.02. The molecule has 5 aromatic rings. The van der Waals surface area contributed by atoms with Crippen molar-refractivity contribution in [3.63, 3.8) is 0 Å². The normalized spacial score (nSPS) is 11.5. The first-order valence-electron chi connectivity index (χ1n) is 11.3. The first-order valence-corrected chi connectivity index (χ1v) is 12.1. The van der Waals surface area contributed by atoms with Crippen LogP contribution in [-0.2, 0) is 4.79 Å². The number of oxazole rings is 1. The van der Waals surface area contributed by atoms with Crippen LogP contribution in [0.15, 0.2) is 75.6 Å². The third kappa shape index (κ3) is 4.68. The zero-order chi connectivity index (χ0) is 25.4. The molecule has 0 fully saturated rings. The highest BCUT2D eigenvalue weighted by atomic mass is 35.5. The standard InChI is InChI=1S/C29H22Cl2N2O3/c1-16-14-17(2)28-24(15-16)33-29(36-28)20-6-5-9-23(18(20)3)32-26(34)13-11-19-10-12-25(35-19)21-7-4-8-22(30)27(21)31/h4-15H,1-3H3,(H,32,34). The van der Waals surface area contributed by atoms with Crippen molar-refractivity contribution in [2.75, 3.05) is 5.32 Å². The van der Waals surface area contributed by atoms with Crippen molar-refractivity contribution in [3.05, 3.63) is 99.2 Å². The summed E-state index contributed by atoms with van der Waals surface area (Å²) in [7, 11) is 0. The van der Waals surface area contributed by atoms with Gasteiger partial charge in [-0.05, 0) is 86.0 Å². The number of fused-ring (bicyclic) bond motifs is 1. The van der Waals surface area contributed by atoms with E-state index in [0.29, 0.717) is 38.7 Å². The van der Waals surface area contributed by atoms with Crippen molar-refractivity contribution in [1.29, 1.82) is 0 Å². The van der Waals surface area contributed by atoms with E-state index in [0.717, 1.165) is 33.4 Å². The monoisotopic (exact) mass is 516 g/mol. The van der Waals surface area contributed by atoms with Gasteiger partial charge in [-0.3, -0.25) is 4.79 Å². The molecule has 0 saturated carbocycles. The van der Waals surface area contributed by atoms with Gasteiger partial charge in [0.15, 0.2) is 5.58 Å². The highest BCUT2D eigenvalue weighted by Gasteiger charge is 2.15. The van der Waals surface area contributed by atoms with Crippen LogP contribution >= 0.6 is 23.2 Å². The molecule has 2 aromatic heterocycles. The fourth-order valence-corrected chi connectivity index (χ4v) is 4.50. The quantitative estimate of drug-likeness (QED) is 0.237. The number of furan rings is 1. The van der Waals surface area contributed by atoms with Crippen LogP contribution < -0.4 is 5.32 Å². The predicted molar refractivity (Wildman–Crippen MR) is 145 cm³/mol. The largest absolute Gasteiger partial charge is 0.457 e. The van der Waals surface area contributed by atoms with Crippen LogP contribution in [0.4, 0.5) is 5.69 Å². The van der Waals surface area contributed by atoms with E-state index < -0.39 is 0 Å². The maximum atomic E-state index is 12.7. The molecule has 0 aliphatic rings. The second kappa shape index (κ2) is 9.69. The molecule has 0 radical (unpaired) electrons. The van der Waals surface area contributed by atoms with E-state index in [1.807, 2.05) is 51.1 Å². The Balaban J connectivity index is 1.34. The first kappa shape index (κ1) is 23.9. The summed E-state index contributed by atoms with van der Waals surface area (Å²) in [6.45, 7) is 5.96. The van der Waals surface area contributed by atoms with Crippen molar-refractivity contribution in [2.45, 2.75) is 20.8 Å². The molecule has 0 atom stereocenters. The summed E-state index contributed by atoms with van der Waals surface area (Å²) in [5, 5.41) is 3.79. The summed E-state index contributed by atoms with van der Waals surface area (Å²) in [6, 6.07) is 18.6. The van der Waals surface area contributed by atoms with Crippen LogP contribution in [0.1, 0.15) is 22.5 Å². The number of amides is 1. The fraction of sp³-hybridized carbons (Fsp3) is 0.103. The number of carbonyl (C=O) groups excluding carboxylic acids is 1. The Morgan fingerprint density at radius 2 is 1.72 bits per heavy atom. The molecule has 7 heteroatoms. The molecule has 3 aromatic carbocycles. The molecule has 2 heterocycles. The molecule has 0 aliphatic carbocycles. The number of aryl methyl sites for hydroxylation is 2. The molecule has 0 bridgehead atoms. The van der Waals surface area contributed by atoms with Gasteiger partial charge >= 0.3 is 0 Å². The first-order chi connectivity index (χ1) is 17.3. The minimum Gasteiger partial charge on any atom is -0.457 e. The van der Waals surface area contributed by atoms with Crippen LogP contribution in [0.5, 0.6) is 0 Å². The number of nitrogens with zero attached hydrogens (tertiary/aromatic N) is 1. The van der Waals surface area contributed by atoms with Crippen LogP contribution in [0.25, 0.3) is 40.0 Å². The van der Waals surface area contributed by atoms with E-state index in [4.69, 9.17) is 32.0 Å².